The first-order valence-electron chi connectivity index (χ1n) is 7.54. The molecule has 5 nitrogen and oxygen atoms in total. The van der Waals surface area contributed by atoms with Gasteiger partial charge in [0.15, 0.2) is 6.10 Å². The first kappa shape index (κ1) is 15.6. The molecule has 0 aliphatic heterocycles. The van der Waals surface area contributed by atoms with E-state index in [-0.39, 0.29) is 11.9 Å². The van der Waals surface area contributed by atoms with E-state index in [0.717, 1.165) is 19.3 Å². The van der Waals surface area contributed by atoms with E-state index in [1.54, 1.807) is 19.9 Å². The quantitative estimate of drug-likeness (QED) is 0.867. The molecule has 1 aromatic heterocycles. The largest absolute Gasteiger partial charge is 0.469 e. The van der Waals surface area contributed by atoms with Gasteiger partial charge < -0.3 is 14.5 Å². The fourth-order valence-electron chi connectivity index (χ4n) is 2.71. The summed E-state index contributed by atoms with van der Waals surface area (Å²) in [5, 5.41) is 2.99. The van der Waals surface area contributed by atoms with E-state index >= 15 is 0 Å². The lowest BCUT2D eigenvalue weighted by atomic mass is 9.86. The summed E-state index contributed by atoms with van der Waals surface area (Å²) >= 11 is 0. The van der Waals surface area contributed by atoms with Crippen LogP contribution in [-0.4, -0.2) is 24.0 Å². The number of nitrogens with one attached hydrogen (secondary N) is 1. The van der Waals surface area contributed by atoms with Gasteiger partial charge in [-0.3, -0.25) is 4.79 Å². The van der Waals surface area contributed by atoms with Crippen molar-refractivity contribution >= 4 is 11.9 Å². The third-order valence-corrected chi connectivity index (χ3v) is 4.17. The molecule has 21 heavy (non-hydrogen) atoms. The van der Waals surface area contributed by atoms with E-state index in [2.05, 4.69) is 12.2 Å². The van der Waals surface area contributed by atoms with Crippen molar-refractivity contribution in [2.45, 2.75) is 58.6 Å². The molecule has 1 aliphatic rings. The Labute approximate surface area is 125 Å². The van der Waals surface area contributed by atoms with Crippen LogP contribution in [0.15, 0.2) is 16.7 Å². The summed E-state index contributed by atoms with van der Waals surface area (Å²) in [6, 6.07) is 1.73. The molecule has 1 heterocycles. The number of amides is 1. The van der Waals surface area contributed by atoms with Gasteiger partial charge in [0.25, 0.3) is 5.91 Å². The zero-order valence-corrected chi connectivity index (χ0v) is 12.8. The highest BCUT2D eigenvalue weighted by molar-refractivity contribution is 5.92. The molecular formula is C16H23NO4. The third kappa shape index (κ3) is 3.86. The van der Waals surface area contributed by atoms with Crippen molar-refractivity contribution in [2.75, 3.05) is 0 Å². The zero-order valence-electron chi connectivity index (χ0n) is 12.8. The molecule has 2 rings (SSSR count). The number of furan rings is 1. The third-order valence-electron chi connectivity index (χ3n) is 4.17. The van der Waals surface area contributed by atoms with E-state index in [9.17, 15) is 9.59 Å². The summed E-state index contributed by atoms with van der Waals surface area (Å²) in [7, 11) is 0. The SMILES string of the molecule is Cc1occc1C(=O)O[C@H](C)C(=O)N[C@@H]1CCCC[C@@H]1C. The van der Waals surface area contributed by atoms with Crippen molar-refractivity contribution in [3.63, 3.8) is 0 Å². The number of rotatable bonds is 4. The number of hydrogen-bond acceptors (Lipinski definition) is 4. The topological polar surface area (TPSA) is 68.5 Å². The van der Waals surface area contributed by atoms with E-state index < -0.39 is 12.1 Å². The number of esters is 1. The predicted molar refractivity (Wildman–Crippen MR) is 77.9 cm³/mol. The molecular weight excluding hydrogens is 270 g/mol. The Kier molecular flexibility index (Phi) is 5.04. The van der Waals surface area contributed by atoms with Crippen LogP contribution in [0.2, 0.25) is 0 Å². The fraction of sp³-hybridized carbons (Fsp3) is 0.625. The number of ether oxygens (including phenoxy) is 1. The Morgan fingerprint density at radius 3 is 2.71 bits per heavy atom. The van der Waals surface area contributed by atoms with Gasteiger partial charge in [-0.1, -0.05) is 19.8 Å². The van der Waals surface area contributed by atoms with Crippen LogP contribution in [0.25, 0.3) is 0 Å². The Morgan fingerprint density at radius 1 is 1.38 bits per heavy atom. The predicted octanol–water partition coefficient (Wildman–Crippen LogP) is 2.83. The monoisotopic (exact) mass is 293 g/mol. The molecule has 3 atom stereocenters. The van der Waals surface area contributed by atoms with Crippen LogP contribution in [0.3, 0.4) is 0 Å². The summed E-state index contributed by atoms with van der Waals surface area (Å²) in [5.41, 5.74) is 0.362. The first-order valence-corrected chi connectivity index (χ1v) is 7.54. The number of aryl methyl sites for hydroxylation is 1. The van der Waals surface area contributed by atoms with Crippen molar-refractivity contribution in [2.24, 2.45) is 5.92 Å². The van der Waals surface area contributed by atoms with Crippen LogP contribution in [-0.2, 0) is 9.53 Å². The molecule has 1 fully saturated rings. The molecule has 1 N–H and O–H groups in total. The minimum atomic E-state index is -0.805. The van der Waals surface area contributed by atoms with Crippen molar-refractivity contribution < 1.29 is 18.7 Å². The van der Waals surface area contributed by atoms with Gasteiger partial charge in [-0.05, 0) is 38.7 Å². The van der Waals surface area contributed by atoms with Crippen molar-refractivity contribution in [1.82, 2.24) is 5.32 Å². The standard InChI is InChI=1S/C16H23NO4/c1-10-6-4-5-7-14(10)17-15(18)12(3)21-16(19)13-8-9-20-11(13)2/h8-10,12,14H,4-7H2,1-3H3,(H,17,18)/t10-,12+,14+/m0/s1. The van der Waals surface area contributed by atoms with Crippen LogP contribution in [0.1, 0.15) is 55.6 Å². The maximum atomic E-state index is 12.1. The van der Waals surface area contributed by atoms with Crippen molar-refractivity contribution in [1.29, 1.82) is 0 Å². The Balaban J connectivity index is 1.87. The fourth-order valence-corrected chi connectivity index (χ4v) is 2.71. The lowest BCUT2D eigenvalue weighted by molar-refractivity contribution is -0.130. The highest BCUT2D eigenvalue weighted by atomic mass is 16.5. The average molecular weight is 293 g/mol. The molecule has 5 heteroatoms. The van der Waals surface area contributed by atoms with Crippen LogP contribution < -0.4 is 5.32 Å². The van der Waals surface area contributed by atoms with Gasteiger partial charge in [0.05, 0.1) is 6.26 Å². The number of hydrogen-bond donors (Lipinski definition) is 1. The summed E-state index contributed by atoms with van der Waals surface area (Å²) in [5.74, 6) is 0.207. The molecule has 1 amide bonds. The van der Waals surface area contributed by atoms with Gasteiger partial charge in [-0.2, -0.15) is 0 Å². The number of carbonyl (C=O) groups excluding carboxylic acids is 2. The Hall–Kier alpha value is -1.78. The average Bonchev–Trinajstić information content (AvgIpc) is 2.87. The van der Waals surface area contributed by atoms with Gasteiger partial charge in [0.1, 0.15) is 11.3 Å². The van der Waals surface area contributed by atoms with E-state index in [1.165, 1.54) is 12.7 Å². The molecule has 0 unspecified atom stereocenters. The van der Waals surface area contributed by atoms with Crippen molar-refractivity contribution in [3.8, 4) is 0 Å². The Bertz CT molecular complexity index is 508. The zero-order chi connectivity index (χ0) is 15.4. The van der Waals surface area contributed by atoms with Gasteiger partial charge in [0, 0.05) is 6.04 Å². The van der Waals surface area contributed by atoms with Crippen molar-refractivity contribution in [3.05, 3.63) is 23.7 Å². The summed E-state index contributed by atoms with van der Waals surface area (Å²) in [4.78, 5) is 24.1. The summed E-state index contributed by atoms with van der Waals surface area (Å²) in [6.07, 6.45) is 5.11. The summed E-state index contributed by atoms with van der Waals surface area (Å²) < 4.78 is 10.3. The maximum absolute atomic E-state index is 12.1. The van der Waals surface area contributed by atoms with Crippen LogP contribution in [0.5, 0.6) is 0 Å². The minimum absolute atomic E-state index is 0.183. The van der Waals surface area contributed by atoms with E-state index in [4.69, 9.17) is 9.15 Å². The first-order chi connectivity index (χ1) is 9.99. The Morgan fingerprint density at radius 2 is 2.10 bits per heavy atom. The maximum Gasteiger partial charge on any atom is 0.342 e. The molecule has 1 aliphatic carbocycles. The second-order valence-corrected chi connectivity index (χ2v) is 5.81. The van der Waals surface area contributed by atoms with Gasteiger partial charge >= 0.3 is 5.97 Å². The highest BCUT2D eigenvalue weighted by Crippen LogP contribution is 2.23. The lowest BCUT2D eigenvalue weighted by Gasteiger charge is -2.30. The molecule has 0 aromatic carbocycles. The normalized spacial score (nSPS) is 23.4. The lowest BCUT2D eigenvalue weighted by Crippen LogP contribution is -2.46. The van der Waals surface area contributed by atoms with E-state index in [0.29, 0.717) is 17.2 Å². The van der Waals surface area contributed by atoms with Gasteiger partial charge in [-0.15, -0.1) is 0 Å². The second-order valence-electron chi connectivity index (χ2n) is 5.81. The van der Waals surface area contributed by atoms with E-state index in [1.807, 2.05) is 0 Å². The molecule has 0 bridgehead atoms. The van der Waals surface area contributed by atoms with Gasteiger partial charge in [-0.25, -0.2) is 4.79 Å². The second kappa shape index (κ2) is 6.78. The van der Waals surface area contributed by atoms with Gasteiger partial charge in [0.2, 0.25) is 0 Å². The smallest absolute Gasteiger partial charge is 0.342 e. The molecule has 1 saturated carbocycles. The molecule has 1 aromatic rings. The van der Waals surface area contributed by atoms with Crippen LogP contribution in [0, 0.1) is 12.8 Å². The molecule has 0 radical (unpaired) electrons. The van der Waals surface area contributed by atoms with Crippen LogP contribution in [0.4, 0.5) is 0 Å². The summed E-state index contributed by atoms with van der Waals surface area (Å²) in [6.45, 7) is 5.43. The van der Waals surface area contributed by atoms with Crippen LogP contribution >= 0.6 is 0 Å². The molecule has 116 valence electrons. The number of carbonyl (C=O) groups is 2. The highest BCUT2D eigenvalue weighted by Gasteiger charge is 2.27. The minimum Gasteiger partial charge on any atom is -0.469 e. The molecule has 0 spiro atoms. The molecule has 0 saturated heterocycles.